The van der Waals surface area contributed by atoms with Crippen LogP contribution in [0, 0.1) is 0 Å². The molecule has 0 saturated carbocycles. The van der Waals surface area contributed by atoms with E-state index in [2.05, 4.69) is 0 Å². The zero-order chi connectivity index (χ0) is 16.4. The molecule has 0 aliphatic heterocycles. The molecule has 2 N–H and O–H groups in total. The summed E-state index contributed by atoms with van der Waals surface area (Å²) < 4.78 is 5.20. The van der Waals surface area contributed by atoms with Crippen LogP contribution in [0.1, 0.15) is 20.7 Å². The predicted molar refractivity (Wildman–Crippen MR) is 84.0 cm³/mol. The fraction of sp³-hybridized carbons (Fsp3) is 0. The Morgan fingerprint density at radius 3 is 2.35 bits per heavy atom. The molecule has 0 amide bonds. The van der Waals surface area contributed by atoms with Gasteiger partial charge in [-0.3, -0.25) is 0 Å². The van der Waals surface area contributed by atoms with E-state index in [1.165, 1.54) is 18.2 Å². The molecule has 5 heteroatoms. The summed E-state index contributed by atoms with van der Waals surface area (Å²) >= 11 is 0. The second-order valence-electron chi connectivity index (χ2n) is 4.87. The number of fused-ring (bicyclic) bond motifs is 1. The Labute approximate surface area is 131 Å². The SMILES string of the molecule is O=C(O)c1c(O)cccc1OC(=O)c1cccc2ccccc12. The number of rotatable bonds is 3. The quantitative estimate of drug-likeness (QED) is 0.572. The van der Waals surface area contributed by atoms with Crippen LogP contribution in [-0.2, 0) is 0 Å². The Morgan fingerprint density at radius 2 is 1.57 bits per heavy atom. The molecule has 0 saturated heterocycles. The van der Waals surface area contributed by atoms with Crippen LogP contribution in [0.2, 0.25) is 0 Å². The number of hydrogen-bond acceptors (Lipinski definition) is 4. The number of hydrogen-bond donors (Lipinski definition) is 2. The second-order valence-corrected chi connectivity index (χ2v) is 4.87. The number of carboxylic acid groups (broad SMARTS) is 1. The third kappa shape index (κ3) is 2.72. The molecule has 0 bridgehead atoms. The summed E-state index contributed by atoms with van der Waals surface area (Å²) in [4.78, 5) is 23.6. The molecule has 5 nitrogen and oxygen atoms in total. The lowest BCUT2D eigenvalue weighted by Gasteiger charge is -2.10. The number of carbonyl (C=O) groups is 2. The van der Waals surface area contributed by atoms with E-state index >= 15 is 0 Å². The van der Waals surface area contributed by atoms with Gasteiger partial charge in [0.25, 0.3) is 0 Å². The third-order valence-corrected chi connectivity index (χ3v) is 3.43. The molecule has 23 heavy (non-hydrogen) atoms. The minimum Gasteiger partial charge on any atom is -0.507 e. The summed E-state index contributed by atoms with van der Waals surface area (Å²) in [5.74, 6) is -2.71. The van der Waals surface area contributed by atoms with E-state index in [4.69, 9.17) is 9.84 Å². The van der Waals surface area contributed by atoms with Gasteiger partial charge in [-0.1, -0.05) is 42.5 Å². The molecule has 0 fully saturated rings. The van der Waals surface area contributed by atoms with E-state index in [-0.39, 0.29) is 5.75 Å². The van der Waals surface area contributed by atoms with Crippen molar-refractivity contribution in [1.29, 1.82) is 0 Å². The summed E-state index contributed by atoms with van der Waals surface area (Å²) in [5, 5.41) is 20.4. The fourth-order valence-electron chi connectivity index (χ4n) is 2.38. The minimum atomic E-state index is -1.37. The van der Waals surface area contributed by atoms with Gasteiger partial charge in [-0.2, -0.15) is 0 Å². The van der Waals surface area contributed by atoms with Crippen LogP contribution in [0.3, 0.4) is 0 Å². The monoisotopic (exact) mass is 308 g/mol. The normalized spacial score (nSPS) is 10.4. The van der Waals surface area contributed by atoms with E-state index < -0.39 is 23.3 Å². The number of benzene rings is 3. The highest BCUT2D eigenvalue weighted by Crippen LogP contribution is 2.29. The topological polar surface area (TPSA) is 83.8 Å². The van der Waals surface area contributed by atoms with Crippen molar-refractivity contribution in [3.63, 3.8) is 0 Å². The van der Waals surface area contributed by atoms with E-state index in [0.29, 0.717) is 10.9 Å². The molecule has 0 aliphatic rings. The number of carboxylic acids is 1. The second kappa shape index (κ2) is 5.81. The number of aromatic carboxylic acids is 1. The van der Waals surface area contributed by atoms with Crippen LogP contribution in [0.4, 0.5) is 0 Å². The maximum absolute atomic E-state index is 12.4. The number of ether oxygens (including phenoxy) is 1. The molecule has 0 aromatic heterocycles. The van der Waals surface area contributed by atoms with Crippen molar-refractivity contribution in [2.24, 2.45) is 0 Å². The zero-order valence-corrected chi connectivity index (χ0v) is 11.9. The van der Waals surface area contributed by atoms with E-state index in [1.54, 1.807) is 24.3 Å². The zero-order valence-electron chi connectivity index (χ0n) is 11.9. The molecule has 0 atom stereocenters. The first-order valence-corrected chi connectivity index (χ1v) is 6.83. The largest absolute Gasteiger partial charge is 0.507 e. The number of carbonyl (C=O) groups excluding carboxylic acids is 1. The standard InChI is InChI=1S/C18H12O5/c19-14-9-4-10-15(16(14)17(20)21)23-18(22)13-8-3-6-11-5-1-2-7-12(11)13/h1-10,19H,(H,20,21). The summed E-state index contributed by atoms with van der Waals surface area (Å²) in [6.45, 7) is 0. The Hall–Kier alpha value is -3.34. The van der Waals surface area contributed by atoms with E-state index in [0.717, 1.165) is 5.39 Å². The smallest absolute Gasteiger partial charge is 0.344 e. The maximum Gasteiger partial charge on any atom is 0.344 e. The van der Waals surface area contributed by atoms with Gasteiger partial charge in [0.15, 0.2) is 0 Å². The van der Waals surface area contributed by atoms with Gasteiger partial charge in [0.05, 0.1) is 5.56 Å². The summed E-state index contributed by atoms with van der Waals surface area (Å²) in [6.07, 6.45) is 0. The Bertz CT molecular complexity index is 909. The van der Waals surface area contributed by atoms with Crippen molar-refractivity contribution in [1.82, 2.24) is 0 Å². The number of aromatic hydroxyl groups is 1. The molecule has 114 valence electrons. The average molecular weight is 308 g/mol. The summed E-state index contributed by atoms with van der Waals surface area (Å²) in [5.41, 5.74) is -0.121. The first kappa shape index (κ1) is 14.6. The maximum atomic E-state index is 12.4. The lowest BCUT2D eigenvalue weighted by molar-refractivity contribution is 0.0678. The first-order valence-electron chi connectivity index (χ1n) is 6.83. The number of phenols is 1. The molecular formula is C18H12O5. The molecule has 0 aliphatic carbocycles. The molecule has 0 radical (unpaired) electrons. The summed E-state index contributed by atoms with van der Waals surface area (Å²) in [7, 11) is 0. The van der Waals surface area contributed by atoms with Crippen LogP contribution in [0.15, 0.2) is 60.7 Å². The molecule has 3 aromatic carbocycles. The van der Waals surface area contributed by atoms with Crippen LogP contribution in [0.25, 0.3) is 10.8 Å². The predicted octanol–water partition coefficient (Wildman–Crippen LogP) is 3.46. The lowest BCUT2D eigenvalue weighted by atomic mass is 10.0. The first-order chi connectivity index (χ1) is 11.1. The van der Waals surface area contributed by atoms with Crippen LogP contribution in [-0.4, -0.2) is 22.2 Å². The van der Waals surface area contributed by atoms with Gasteiger partial charge >= 0.3 is 11.9 Å². The van der Waals surface area contributed by atoms with E-state index in [1.807, 2.05) is 18.2 Å². The third-order valence-electron chi connectivity index (χ3n) is 3.43. The minimum absolute atomic E-state index is 0.199. The lowest BCUT2D eigenvalue weighted by Crippen LogP contribution is -2.12. The van der Waals surface area contributed by atoms with Crippen LogP contribution < -0.4 is 4.74 Å². The van der Waals surface area contributed by atoms with Crippen molar-refractivity contribution in [2.75, 3.05) is 0 Å². The Balaban J connectivity index is 2.03. The van der Waals surface area contributed by atoms with Crippen molar-refractivity contribution < 1.29 is 24.5 Å². The van der Waals surface area contributed by atoms with Gasteiger partial charge in [-0.05, 0) is 29.0 Å². The highest BCUT2D eigenvalue weighted by molar-refractivity contribution is 6.06. The van der Waals surface area contributed by atoms with E-state index in [9.17, 15) is 14.7 Å². The van der Waals surface area contributed by atoms with Crippen LogP contribution in [0.5, 0.6) is 11.5 Å². The molecule has 0 unspecified atom stereocenters. The van der Waals surface area contributed by atoms with Gasteiger partial charge in [-0.25, -0.2) is 9.59 Å². The highest BCUT2D eigenvalue weighted by atomic mass is 16.5. The molecule has 3 aromatic rings. The molecule has 3 rings (SSSR count). The Morgan fingerprint density at radius 1 is 0.870 bits per heavy atom. The van der Waals surface area contributed by atoms with Gasteiger partial charge in [0.2, 0.25) is 0 Å². The molecular weight excluding hydrogens is 296 g/mol. The van der Waals surface area contributed by atoms with Crippen molar-refractivity contribution >= 4 is 22.7 Å². The van der Waals surface area contributed by atoms with Gasteiger partial charge < -0.3 is 14.9 Å². The highest BCUT2D eigenvalue weighted by Gasteiger charge is 2.20. The van der Waals surface area contributed by atoms with Gasteiger partial charge in [-0.15, -0.1) is 0 Å². The van der Waals surface area contributed by atoms with Crippen LogP contribution >= 0.6 is 0 Å². The van der Waals surface area contributed by atoms with Gasteiger partial charge in [0.1, 0.15) is 17.1 Å². The van der Waals surface area contributed by atoms with Crippen molar-refractivity contribution in [3.05, 3.63) is 71.8 Å². The average Bonchev–Trinajstić information content (AvgIpc) is 2.54. The molecule has 0 heterocycles. The molecule has 0 spiro atoms. The Kier molecular flexibility index (Phi) is 3.68. The van der Waals surface area contributed by atoms with Gasteiger partial charge in [0, 0.05) is 0 Å². The summed E-state index contributed by atoms with van der Waals surface area (Å²) in [6, 6.07) is 16.5. The fourth-order valence-corrected chi connectivity index (χ4v) is 2.38. The number of esters is 1. The van der Waals surface area contributed by atoms with Crippen molar-refractivity contribution in [3.8, 4) is 11.5 Å². The van der Waals surface area contributed by atoms with Crippen molar-refractivity contribution in [2.45, 2.75) is 0 Å².